The Morgan fingerprint density at radius 2 is 1.97 bits per heavy atom. The van der Waals surface area contributed by atoms with E-state index in [2.05, 4.69) is 47.7 Å². The average molecular weight is 388 g/mol. The second kappa shape index (κ2) is 8.11. The van der Waals surface area contributed by atoms with Gasteiger partial charge in [0.05, 0.1) is 17.5 Å². The predicted octanol–water partition coefficient (Wildman–Crippen LogP) is 1.60. The third kappa shape index (κ3) is 3.67. The lowest BCUT2D eigenvalue weighted by molar-refractivity contribution is -0.116. The number of hydrazone groups is 1. The fraction of sp³-hybridized carbons (Fsp3) is 0.200. The molecule has 29 heavy (non-hydrogen) atoms. The first-order valence-corrected chi connectivity index (χ1v) is 9.25. The fourth-order valence-electron chi connectivity index (χ4n) is 3.18. The SMILES string of the molecule is CCNCc1c(C)[nH]c(C=C2C(=O)NN=C2c2cnccn2)c1-c1ncccn1. The molecule has 0 unspecified atom stereocenters. The summed E-state index contributed by atoms with van der Waals surface area (Å²) >= 11 is 0. The molecule has 0 saturated heterocycles. The monoisotopic (exact) mass is 388 g/mol. The van der Waals surface area contributed by atoms with Gasteiger partial charge in [-0.1, -0.05) is 6.92 Å². The standard InChI is InChI=1S/C20H20N8O/c1-3-21-10-14-12(2)26-15(17(14)19-24-5-4-6-25-19)9-13-18(27-28-20(13)29)16-11-22-7-8-23-16/h4-9,11,21,26H,3,10H2,1-2H3,(H,28,29). The van der Waals surface area contributed by atoms with Crippen LogP contribution in [0, 0.1) is 6.92 Å². The van der Waals surface area contributed by atoms with Gasteiger partial charge in [-0.05, 0) is 31.2 Å². The summed E-state index contributed by atoms with van der Waals surface area (Å²) in [6.07, 6.45) is 9.88. The normalized spacial score (nSPS) is 14.9. The van der Waals surface area contributed by atoms with Crippen LogP contribution in [0.1, 0.15) is 29.6 Å². The van der Waals surface area contributed by atoms with Gasteiger partial charge in [-0.3, -0.25) is 14.8 Å². The molecular weight excluding hydrogens is 368 g/mol. The first-order chi connectivity index (χ1) is 14.2. The van der Waals surface area contributed by atoms with Gasteiger partial charge in [0.2, 0.25) is 0 Å². The number of hydrogen-bond donors (Lipinski definition) is 3. The minimum Gasteiger partial charge on any atom is -0.358 e. The zero-order valence-electron chi connectivity index (χ0n) is 16.1. The molecule has 0 saturated carbocycles. The van der Waals surface area contributed by atoms with Gasteiger partial charge >= 0.3 is 0 Å². The van der Waals surface area contributed by atoms with E-state index in [1.54, 1.807) is 43.1 Å². The van der Waals surface area contributed by atoms with Crippen LogP contribution in [0.25, 0.3) is 17.5 Å². The first-order valence-electron chi connectivity index (χ1n) is 9.25. The molecule has 4 rings (SSSR count). The first kappa shape index (κ1) is 18.6. The number of H-pyrrole nitrogens is 1. The smallest absolute Gasteiger partial charge is 0.273 e. The predicted molar refractivity (Wildman–Crippen MR) is 109 cm³/mol. The molecule has 3 N–H and O–H groups in total. The lowest BCUT2D eigenvalue weighted by Gasteiger charge is -2.06. The van der Waals surface area contributed by atoms with Crippen molar-refractivity contribution in [1.29, 1.82) is 0 Å². The molecule has 0 bridgehead atoms. The van der Waals surface area contributed by atoms with Crippen LogP contribution in [-0.4, -0.2) is 43.1 Å². The van der Waals surface area contributed by atoms with Crippen molar-refractivity contribution in [2.75, 3.05) is 6.54 Å². The molecule has 0 aromatic carbocycles. The Bertz CT molecular complexity index is 1090. The summed E-state index contributed by atoms with van der Waals surface area (Å²) in [6, 6.07) is 1.77. The van der Waals surface area contributed by atoms with Gasteiger partial charge in [-0.2, -0.15) is 5.10 Å². The van der Waals surface area contributed by atoms with Crippen LogP contribution in [0.5, 0.6) is 0 Å². The van der Waals surface area contributed by atoms with E-state index in [-0.39, 0.29) is 5.91 Å². The fourth-order valence-corrected chi connectivity index (χ4v) is 3.18. The Balaban J connectivity index is 1.84. The Morgan fingerprint density at radius 1 is 1.14 bits per heavy atom. The van der Waals surface area contributed by atoms with E-state index >= 15 is 0 Å². The Hall–Kier alpha value is -3.72. The molecule has 0 spiro atoms. The van der Waals surface area contributed by atoms with Gasteiger partial charge < -0.3 is 10.3 Å². The van der Waals surface area contributed by atoms with Crippen molar-refractivity contribution in [2.24, 2.45) is 5.10 Å². The molecule has 4 heterocycles. The third-order valence-corrected chi connectivity index (χ3v) is 4.55. The highest BCUT2D eigenvalue weighted by molar-refractivity contribution is 6.32. The Kier molecular flexibility index (Phi) is 5.21. The van der Waals surface area contributed by atoms with E-state index < -0.39 is 0 Å². The molecule has 9 heteroatoms. The molecule has 3 aromatic rings. The lowest BCUT2D eigenvalue weighted by atomic mass is 10.0. The van der Waals surface area contributed by atoms with Crippen LogP contribution in [0.15, 0.2) is 47.7 Å². The van der Waals surface area contributed by atoms with Crippen LogP contribution >= 0.6 is 0 Å². The van der Waals surface area contributed by atoms with Gasteiger partial charge in [0.1, 0.15) is 11.4 Å². The summed E-state index contributed by atoms with van der Waals surface area (Å²) in [7, 11) is 0. The molecule has 1 aliphatic heterocycles. The van der Waals surface area contributed by atoms with E-state index in [1.807, 2.05) is 6.92 Å². The molecule has 0 radical (unpaired) electrons. The van der Waals surface area contributed by atoms with Crippen LogP contribution in [0.3, 0.4) is 0 Å². The summed E-state index contributed by atoms with van der Waals surface area (Å²) in [5, 5.41) is 7.48. The number of hydrogen-bond acceptors (Lipinski definition) is 7. The summed E-state index contributed by atoms with van der Waals surface area (Å²) in [5.74, 6) is 0.291. The number of aryl methyl sites for hydroxylation is 1. The van der Waals surface area contributed by atoms with E-state index in [0.29, 0.717) is 29.3 Å². The number of aromatic amines is 1. The second-order valence-electron chi connectivity index (χ2n) is 6.42. The maximum Gasteiger partial charge on any atom is 0.273 e. The molecule has 1 amide bonds. The molecule has 0 fully saturated rings. The lowest BCUT2D eigenvalue weighted by Crippen LogP contribution is -2.14. The van der Waals surface area contributed by atoms with Crippen LogP contribution in [0.4, 0.5) is 0 Å². The van der Waals surface area contributed by atoms with Gasteiger partial charge in [0.15, 0.2) is 5.82 Å². The number of nitrogens with zero attached hydrogens (tertiary/aromatic N) is 5. The Morgan fingerprint density at radius 3 is 2.69 bits per heavy atom. The zero-order valence-corrected chi connectivity index (χ0v) is 16.1. The van der Waals surface area contributed by atoms with Crippen LogP contribution < -0.4 is 10.7 Å². The summed E-state index contributed by atoms with van der Waals surface area (Å²) in [4.78, 5) is 33.0. The minimum absolute atomic E-state index is 0.300. The maximum atomic E-state index is 12.5. The van der Waals surface area contributed by atoms with Crippen molar-refractivity contribution in [2.45, 2.75) is 20.4 Å². The van der Waals surface area contributed by atoms with E-state index in [1.165, 1.54) is 0 Å². The third-order valence-electron chi connectivity index (χ3n) is 4.55. The van der Waals surface area contributed by atoms with Crippen molar-refractivity contribution >= 4 is 17.7 Å². The number of carbonyl (C=O) groups is 1. The van der Waals surface area contributed by atoms with Crippen molar-refractivity contribution in [3.8, 4) is 11.4 Å². The number of nitrogens with one attached hydrogen (secondary N) is 3. The maximum absolute atomic E-state index is 12.5. The minimum atomic E-state index is -0.300. The van der Waals surface area contributed by atoms with Crippen LogP contribution in [0.2, 0.25) is 0 Å². The van der Waals surface area contributed by atoms with E-state index in [0.717, 1.165) is 29.1 Å². The Labute approximate surface area is 167 Å². The van der Waals surface area contributed by atoms with Crippen molar-refractivity contribution in [3.05, 3.63) is 65.3 Å². The molecule has 0 aliphatic carbocycles. The summed E-state index contributed by atoms with van der Waals surface area (Å²) < 4.78 is 0. The molecule has 1 aliphatic rings. The van der Waals surface area contributed by atoms with Crippen LogP contribution in [-0.2, 0) is 11.3 Å². The number of amides is 1. The summed E-state index contributed by atoms with van der Waals surface area (Å²) in [6.45, 7) is 5.54. The zero-order chi connectivity index (χ0) is 20.2. The highest BCUT2D eigenvalue weighted by atomic mass is 16.2. The second-order valence-corrected chi connectivity index (χ2v) is 6.42. The van der Waals surface area contributed by atoms with Gasteiger partial charge in [-0.25, -0.2) is 15.4 Å². The summed E-state index contributed by atoms with van der Waals surface area (Å²) in [5.41, 5.74) is 7.51. The number of rotatable bonds is 6. The quantitative estimate of drug-likeness (QED) is 0.552. The van der Waals surface area contributed by atoms with Gasteiger partial charge in [-0.15, -0.1) is 0 Å². The van der Waals surface area contributed by atoms with Crippen molar-refractivity contribution in [1.82, 2.24) is 35.7 Å². The van der Waals surface area contributed by atoms with Crippen molar-refractivity contribution < 1.29 is 4.79 Å². The van der Waals surface area contributed by atoms with Gasteiger partial charge in [0.25, 0.3) is 5.91 Å². The molecule has 9 nitrogen and oxygen atoms in total. The van der Waals surface area contributed by atoms with Gasteiger partial charge in [0, 0.05) is 42.6 Å². The molecule has 3 aromatic heterocycles. The molecule has 146 valence electrons. The highest BCUT2D eigenvalue weighted by Crippen LogP contribution is 2.30. The largest absolute Gasteiger partial charge is 0.358 e. The van der Waals surface area contributed by atoms with Crippen molar-refractivity contribution in [3.63, 3.8) is 0 Å². The van der Waals surface area contributed by atoms with E-state index in [9.17, 15) is 4.79 Å². The molecular formula is C20H20N8O. The highest BCUT2D eigenvalue weighted by Gasteiger charge is 2.27. The molecule has 0 atom stereocenters. The number of carbonyl (C=O) groups excluding carboxylic acids is 1. The van der Waals surface area contributed by atoms with E-state index in [4.69, 9.17) is 0 Å². The topological polar surface area (TPSA) is 121 Å². The number of aromatic nitrogens is 5. The average Bonchev–Trinajstić information content (AvgIpc) is 3.27.